The van der Waals surface area contributed by atoms with E-state index >= 15 is 0 Å². The van der Waals surface area contributed by atoms with Gasteiger partial charge in [0.25, 0.3) is 11.8 Å². The summed E-state index contributed by atoms with van der Waals surface area (Å²) in [5, 5.41) is 2.42. The zero-order valence-electron chi connectivity index (χ0n) is 16.5. The fourth-order valence-electron chi connectivity index (χ4n) is 2.52. The molecule has 0 saturated carbocycles. The molecule has 0 spiro atoms. The molecule has 1 heterocycles. The number of aromatic nitrogens is 2. The van der Waals surface area contributed by atoms with E-state index in [0.717, 1.165) is 24.1 Å². The molecule has 0 aliphatic rings. The number of nitrogens with zero attached hydrogens (tertiary/aromatic N) is 2. The monoisotopic (exact) mass is 471 g/mol. The molecule has 6 nitrogen and oxygen atoms in total. The van der Waals surface area contributed by atoms with Gasteiger partial charge in [0.2, 0.25) is 11.6 Å². The first-order valence-electron chi connectivity index (χ1n) is 8.73. The number of carbonyl (C=O) groups excluding carboxylic acids is 1. The van der Waals surface area contributed by atoms with Gasteiger partial charge < -0.3 is 14.8 Å². The van der Waals surface area contributed by atoms with E-state index in [2.05, 4.69) is 15.3 Å². The van der Waals surface area contributed by atoms with Crippen molar-refractivity contribution in [1.82, 2.24) is 9.97 Å². The van der Waals surface area contributed by atoms with Crippen molar-refractivity contribution in [2.75, 3.05) is 18.7 Å². The molecule has 0 aliphatic heterocycles. The number of halogens is 5. The van der Waals surface area contributed by atoms with Crippen LogP contribution in [0.4, 0.5) is 27.6 Å². The van der Waals surface area contributed by atoms with Gasteiger partial charge in [-0.1, -0.05) is 6.07 Å². The Labute approximate surface area is 182 Å². The lowest BCUT2D eigenvalue weighted by Gasteiger charge is -2.14. The number of rotatable bonds is 6. The minimum absolute atomic E-state index is 0.289. The molecule has 12 heteroatoms. The summed E-state index contributed by atoms with van der Waals surface area (Å²) in [4.78, 5) is 20.4. The van der Waals surface area contributed by atoms with Gasteiger partial charge in [0.1, 0.15) is 0 Å². The molecule has 3 aromatic rings. The van der Waals surface area contributed by atoms with Crippen LogP contribution in [0.3, 0.4) is 0 Å². The molecule has 0 unspecified atom stereocenters. The maximum absolute atomic E-state index is 14.0. The highest BCUT2D eigenvalue weighted by Crippen LogP contribution is 2.36. The Balaban J connectivity index is 2.03. The lowest BCUT2D eigenvalue weighted by atomic mass is 10.2. The highest BCUT2D eigenvalue weighted by molar-refractivity contribution is 7.98. The van der Waals surface area contributed by atoms with Crippen molar-refractivity contribution in [3.05, 3.63) is 65.6 Å². The SMILES string of the molecule is COc1c(Oc2ncc(C(F)(F)F)nc2C(=O)Nc2cccc(SC)c2)ccc(F)c1F. The summed E-state index contributed by atoms with van der Waals surface area (Å²) in [6.45, 7) is 0. The predicted molar refractivity (Wildman–Crippen MR) is 106 cm³/mol. The fourth-order valence-corrected chi connectivity index (χ4v) is 2.98. The van der Waals surface area contributed by atoms with Crippen LogP contribution in [0.25, 0.3) is 0 Å². The van der Waals surface area contributed by atoms with E-state index in [1.807, 2.05) is 0 Å². The van der Waals surface area contributed by atoms with Crippen LogP contribution in [0.2, 0.25) is 0 Å². The number of alkyl halides is 3. The van der Waals surface area contributed by atoms with Crippen LogP contribution < -0.4 is 14.8 Å². The quantitative estimate of drug-likeness (QED) is 0.376. The van der Waals surface area contributed by atoms with E-state index in [-0.39, 0.29) is 5.69 Å². The van der Waals surface area contributed by atoms with Gasteiger partial charge in [-0.05, 0) is 36.6 Å². The second kappa shape index (κ2) is 9.39. The third kappa shape index (κ3) is 5.07. The zero-order chi connectivity index (χ0) is 23.5. The number of amides is 1. The van der Waals surface area contributed by atoms with Crippen LogP contribution in [0, 0.1) is 11.6 Å². The second-order valence-corrected chi connectivity index (χ2v) is 6.97. The molecule has 32 heavy (non-hydrogen) atoms. The van der Waals surface area contributed by atoms with Gasteiger partial charge in [0, 0.05) is 10.6 Å². The first-order chi connectivity index (χ1) is 15.1. The smallest absolute Gasteiger partial charge is 0.434 e. The summed E-state index contributed by atoms with van der Waals surface area (Å²) in [6, 6.07) is 8.23. The number of ether oxygens (including phenoxy) is 2. The van der Waals surface area contributed by atoms with Gasteiger partial charge in [-0.2, -0.15) is 17.6 Å². The van der Waals surface area contributed by atoms with E-state index in [0.29, 0.717) is 6.20 Å². The molecule has 0 aliphatic carbocycles. The normalized spacial score (nSPS) is 11.2. The number of carbonyl (C=O) groups is 1. The summed E-state index contributed by atoms with van der Waals surface area (Å²) >= 11 is 1.39. The Morgan fingerprint density at radius 3 is 2.56 bits per heavy atom. The topological polar surface area (TPSA) is 73.3 Å². The third-order valence-electron chi connectivity index (χ3n) is 4.00. The molecule has 168 valence electrons. The van der Waals surface area contributed by atoms with Crippen molar-refractivity contribution in [1.29, 1.82) is 0 Å². The average molecular weight is 471 g/mol. The predicted octanol–water partition coefficient (Wildman–Crippen LogP) is 5.55. The Morgan fingerprint density at radius 2 is 1.91 bits per heavy atom. The number of methoxy groups -OCH3 is 1. The Kier molecular flexibility index (Phi) is 6.82. The molecular formula is C20H14F5N3O3S. The number of nitrogens with one attached hydrogen (secondary N) is 1. The molecule has 0 radical (unpaired) electrons. The highest BCUT2D eigenvalue weighted by atomic mass is 32.2. The van der Waals surface area contributed by atoms with Crippen molar-refractivity contribution >= 4 is 23.4 Å². The number of benzene rings is 2. The molecular weight excluding hydrogens is 457 g/mol. The van der Waals surface area contributed by atoms with Crippen molar-refractivity contribution in [3.8, 4) is 17.4 Å². The molecule has 2 aromatic carbocycles. The van der Waals surface area contributed by atoms with Crippen LogP contribution in [0.1, 0.15) is 16.2 Å². The van der Waals surface area contributed by atoms with Crippen LogP contribution in [-0.2, 0) is 6.18 Å². The van der Waals surface area contributed by atoms with E-state index in [4.69, 9.17) is 9.47 Å². The van der Waals surface area contributed by atoms with Gasteiger partial charge >= 0.3 is 6.18 Å². The number of anilines is 1. The van der Waals surface area contributed by atoms with E-state index < -0.39 is 52.5 Å². The summed E-state index contributed by atoms with van der Waals surface area (Å²) < 4.78 is 76.9. The summed E-state index contributed by atoms with van der Waals surface area (Å²) in [6.07, 6.45) is -2.73. The average Bonchev–Trinajstić information content (AvgIpc) is 2.76. The molecule has 1 N–H and O–H groups in total. The van der Waals surface area contributed by atoms with Crippen LogP contribution in [0.5, 0.6) is 17.4 Å². The van der Waals surface area contributed by atoms with Crippen LogP contribution in [-0.4, -0.2) is 29.2 Å². The fraction of sp³-hybridized carbons (Fsp3) is 0.150. The maximum atomic E-state index is 14.0. The molecule has 1 aromatic heterocycles. The summed E-state index contributed by atoms with van der Waals surface area (Å²) in [5.41, 5.74) is -1.97. The highest BCUT2D eigenvalue weighted by Gasteiger charge is 2.35. The van der Waals surface area contributed by atoms with Crippen LogP contribution >= 0.6 is 11.8 Å². The minimum atomic E-state index is -4.89. The van der Waals surface area contributed by atoms with Crippen molar-refractivity contribution in [2.24, 2.45) is 0 Å². The van der Waals surface area contributed by atoms with E-state index in [9.17, 15) is 26.7 Å². The molecule has 1 amide bonds. The van der Waals surface area contributed by atoms with Gasteiger partial charge in [-0.15, -0.1) is 11.8 Å². The van der Waals surface area contributed by atoms with Crippen molar-refractivity contribution < 1.29 is 36.2 Å². The maximum Gasteiger partial charge on any atom is 0.434 e. The molecule has 0 atom stereocenters. The zero-order valence-corrected chi connectivity index (χ0v) is 17.3. The van der Waals surface area contributed by atoms with Gasteiger partial charge in [0.05, 0.1) is 13.3 Å². The first kappa shape index (κ1) is 23.3. The number of thioether (sulfide) groups is 1. The van der Waals surface area contributed by atoms with Crippen molar-refractivity contribution in [3.63, 3.8) is 0 Å². The Morgan fingerprint density at radius 1 is 1.16 bits per heavy atom. The molecule has 0 saturated heterocycles. The molecule has 3 rings (SSSR count). The summed E-state index contributed by atoms with van der Waals surface area (Å²) in [5.74, 6) is -5.42. The number of hydrogen-bond acceptors (Lipinski definition) is 6. The third-order valence-corrected chi connectivity index (χ3v) is 4.72. The summed E-state index contributed by atoms with van der Waals surface area (Å²) in [7, 11) is 1.04. The molecule has 0 bridgehead atoms. The number of hydrogen-bond donors (Lipinski definition) is 1. The van der Waals surface area contributed by atoms with Crippen LogP contribution in [0.15, 0.2) is 47.5 Å². The van der Waals surface area contributed by atoms with Gasteiger partial charge in [-0.25, -0.2) is 14.4 Å². The van der Waals surface area contributed by atoms with Gasteiger partial charge in [-0.3, -0.25) is 4.79 Å². The lowest BCUT2D eigenvalue weighted by Crippen LogP contribution is -2.19. The Hall–Kier alpha value is -3.41. The Bertz CT molecular complexity index is 1160. The van der Waals surface area contributed by atoms with E-state index in [1.54, 1.807) is 24.5 Å². The van der Waals surface area contributed by atoms with Crippen molar-refractivity contribution in [2.45, 2.75) is 11.1 Å². The van der Waals surface area contributed by atoms with Gasteiger partial charge in [0.15, 0.2) is 23.0 Å². The second-order valence-electron chi connectivity index (χ2n) is 6.09. The standard InChI is InChI=1S/C20H14F5N3O3S/c1-30-17-13(7-6-12(21)15(17)22)31-19-16(28-14(9-26-19)20(23,24)25)18(29)27-10-4-3-5-11(8-10)32-2/h3-9H,1-2H3,(H,27,29). The largest absolute Gasteiger partial charge is 0.490 e. The lowest BCUT2D eigenvalue weighted by molar-refractivity contribution is -0.141. The first-order valence-corrected chi connectivity index (χ1v) is 9.96. The van der Waals surface area contributed by atoms with E-state index in [1.165, 1.54) is 17.8 Å². The minimum Gasteiger partial charge on any atom is -0.490 e. The molecule has 0 fully saturated rings.